The van der Waals surface area contributed by atoms with E-state index in [1.807, 2.05) is 0 Å². The fourth-order valence-corrected chi connectivity index (χ4v) is 3.00. The van der Waals surface area contributed by atoms with E-state index in [0.717, 1.165) is 13.1 Å². The van der Waals surface area contributed by atoms with Gasteiger partial charge in [0.25, 0.3) is 0 Å². The Labute approximate surface area is 109 Å². The van der Waals surface area contributed by atoms with E-state index in [1.54, 1.807) is 0 Å². The van der Waals surface area contributed by atoms with Gasteiger partial charge in [-0.3, -0.25) is 4.79 Å². The zero-order valence-electron chi connectivity index (χ0n) is 11.6. The first-order valence-electron chi connectivity index (χ1n) is 7.03. The van der Waals surface area contributed by atoms with Gasteiger partial charge in [-0.05, 0) is 37.8 Å². The Balaban J connectivity index is 1.92. The SMILES string of the molecule is CCC1(C)CCN(CC2(C(=O)O)CCOC2)CC1. The molecule has 2 fully saturated rings. The smallest absolute Gasteiger partial charge is 0.313 e. The summed E-state index contributed by atoms with van der Waals surface area (Å²) in [6.45, 7) is 8.27. The van der Waals surface area contributed by atoms with E-state index in [4.69, 9.17) is 4.74 Å². The zero-order chi connectivity index (χ0) is 13.2. The second-order valence-electron chi connectivity index (χ2n) is 6.33. The van der Waals surface area contributed by atoms with E-state index in [0.29, 0.717) is 31.6 Å². The normalized spacial score (nSPS) is 32.6. The van der Waals surface area contributed by atoms with Crippen molar-refractivity contribution >= 4 is 5.97 Å². The highest BCUT2D eigenvalue weighted by Gasteiger charge is 2.44. The number of hydrogen-bond acceptors (Lipinski definition) is 3. The van der Waals surface area contributed by atoms with Crippen LogP contribution in [0.4, 0.5) is 0 Å². The van der Waals surface area contributed by atoms with Gasteiger partial charge in [-0.1, -0.05) is 20.3 Å². The Bertz CT molecular complexity index is 302. The molecule has 0 saturated carbocycles. The average molecular weight is 255 g/mol. The van der Waals surface area contributed by atoms with Crippen molar-refractivity contribution in [2.45, 2.75) is 39.5 Å². The van der Waals surface area contributed by atoms with Gasteiger partial charge < -0.3 is 14.7 Å². The Morgan fingerprint density at radius 1 is 1.33 bits per heavy atom. The molecule has 1 N–H and O–H groups in total. The summed E-state index contributed by atoms with van der Waals surface area (Å²) in [7, 11) is 0. The van der Waals surface area contributed by atoms with Crippen LogP contribution >= 0.6 is 0 Å². The highest BCUT2D eigenvalue weighted by Crippen LogP contribution is 2.36. The second-order valence-corrected chi connectivity index (χ2v) is 6.33. The van der Waals surface area contributed by atoms with Crippen LogP contribution in [0, 0.1) is 10.8 Å². The molecule has 18 heavy (non-hydrogen) atoms. The van der Waals surface area contributed by atoms with Crippen LogP contribution in [0.15, 0.2) is 0 Å². The molecule has 4 nitrogen and oxygen atoms in total. The van der Waals surface area contributed by atoms with Crippen LogP contribution in [0.25, 0.3) is 0 Å². The van der Waals surface area contributed by atoms with Crippen molar-refractivity contribution in [3.05, 3.63) is 0 Å². The van der Waals surface area contributed by atoms with E-state index in [2.05, 4.69) is 18.7 Å². The van der Waals surface area contributed by atoms with Gasteiger partial charge in [-0.15, -0.1) is 0 Å². The van der Waals surface area contributed by atoms with Crippen molar-refractivity contribution in [3.8, 4) is 0 Å². The van der Waals surface area contributed by atoms with Crippen LogP contribution in [0.1, 0.15) is 39.5 Å². The molecule has 0 aromatic rings. The monoisotopic (exact) mass is 255 g/mol. The van der Waals surface area contributed by atoms with Gasteiger partial charge in [-0.25, -0.2) is 0 Å². The second kappa shape index (κ2) is 5.17. The number of rotatable bonds is 4. The molecule has 0 aliphatic carbocycles. The third kappa shape index (κ3) is 2.69. The fourth-order valence-electron chi connectivity index (χ4n) is 3.00. The lowest BCUT2D eigenvalue weighted by Gasteiger charge is -2.41. The lowest BCUT2D eigenvalue weighted by molar-refractivity contribution is -0.150. The fraction of sp³-hybridized carbons (Fsp3) is 0.929. The lowest BCUT2D eigenvalue weighted by Crippen LogP contribution is -2.47. The van der Waals surface area contributed by atoms with E-state index < -0.39 is 11.4 Å². The molecule has 2 heterocycles. The van der Waals surface area contributed by atoms with Gasteiger partial charge in [0.1, 0.15) is 5.41 Å². The molecule has 4 heteroatoms. The molecule has 0 aromatic heterocycles. The minimum Gasteiger partial charge on any atom is -0.481 e. The predicted octanol–water partition coefficient (Wildman–Crippen LogP) is 1.99. The molecule has 1 unspecified atom stereocenters. The Morgan fingerprint density at radius 3 is 2.44 bits per heavy atom. The van der Waals surface area contributed by atoms with E-state index in [9.17, 15) is 9.90 Å². The predicted molar refractivity (Wildman–Crippen MR) is 69.6 cm³/mol. The van der Waals surface area contributed by atoms with Gasteiger partial charge >= 0.3 is 5.97 Å². The Hall–Kier alpha value is -0.610. The van der Waals surface area contributed by atoms with Gasteiger partial charge in [0, 0.05) is 13.2 Å². The largest absolute Gasteiger partial charge is 0.481 e. The van der Waals surface area contributed by atoms with Gasteiger partial charge in [0.2, 0.25) is 0 Å². The molecule has 0 bridgehead atoms. The number of ether oxygens (including phenoxy) is 1. The van der Waals surface area contributed by atoms with Crippen LogP contribution < -0.4 is 0 Å². The summed E-state index contributed by atoms with van der Waals surface area (Å²) in [5.74, 6) is -0.691. The molecule has 1 atom stereocenters. The number of carboxylic acid groups (broad SMARTS) is 1. The number of carbonyl (C=O) groups is 1. The Morgan fingerprint density at radius 2 is 2.00 bits per heavy atom. The molecule has 2 rings (SSSR count). The van der Waals surface area contributed by atoms with Crippen molar-refractivity contribution in [3.63, 3.8) is 0 Å². The summed E-state index contributed by atoms with van der Waals surface area (Å²) in [5, 5.41) is 9.44. The molecule has 0 aromatic carbocycles. The van der Waals surface area contributed by atoms with Crippen molar-refractivity contribution in [1.29, 1.82) is 0 Å². The van der Waals surface area contributed by atoms with Crippen molar-refractivity contribution in [1.82, 2.24) is 4.90 Å². The van der Waals surface area contributed by atoms with Gasteiger partial charge in [0.15, 0.2) is 0 Å². The van der Waals surface area contributed by atoms with E-state index in [1.165, 1.54) is 19.3 Å². The number of piperidine rings is 1. The maximum atomic E-state index is 11.5. The standard InChI is InChI=1S/C14H25NO3/c1-3-13(2)4-7-15(8-5-13)10-14(12(16)17)6-9-18-11-14/h3-11H2,1-2H3,(H,16,17). The van der Waals surface area contributed by atoms with Crippen LogP contribution in [0.2, 0.25) is 0 Å². The van der Waals surface area contributed by atoms with Crippen LogP contribution in [-0.2, 0) is 9.53 Å². The minimum atomic E-state index is -0.691. The average Bonchev–Trinajstić information content (AvgIpc) is 2.82. The highest BCUT2D eigenvalue weighted by molar-refractivity contribution is 5.75. The van der Waals surface area contributed by atoms with Crippen LogP contribution in [0.5, 0.6) is 0 Å². The number of hydrogen-bond donors (Lipinski definition) is 1. The van der Waals surface area contributed by atoms with E-state index >= 15 is 0 Å². The minimum absolute atomic E-state index is 0.379. The highest BCUT2D eigenvalue weighted by atomic mass is 16.5. The Kier molecular flexibility index (Phi) is 3.97. The van der Waals surface area contributed by atoms with Crippen LogP contribution in [0.3, 0.4) is 0 Å². The van der Waals surface area contributed by atoms with Gasteiger partial charge in [-0.2, -0.15) is 0 Å². The molecular formula is C14H25NO3. The number of nitrogens with zero attached hydrogens (tertiary/aromatic N) is 1. The summed E-state index contributed by atoms with van der Waals surface area (Å²) in [4.78, 5) is 13.8. The van der Waals surface area contributed by atoms with Crippen molar-refractivity contribution in [2.75, 3.05) is 32.8 Å². The number of aliphatic carboxylic acids is 1. The molecule has 2 aliphatic rings. The topological polar surface area (TPSA) is 49.8 Å². The maximum absolute atomic E-state index is 11.5. The number of likely N-dealkylation sites (tertiary alicyclic amines) is 1. The molecule has 0 radical (unpaired) electrons. The third-order valence-corrected chi connectivity index (χ3v) is 5.00. The van der Waals surface area contributed by atoms with Gasteiger partial charge in [0.05, 0.1) is 6.61 Å². The van der Waals surface area contributed by atoms with E-state index in [-0.39, 0.29) is 0 Å². The zero-order valence-corrected chi connectivity index (χ0v) is 11.6. The molecule has 0 amide bonds. The first kappa shape index (κ1) is 13.8. The summed E-state index contributed by atoms with van der Waals surface area (Å²) < 4.78 is 5.32. The first-order valence-corrected chi connectivity index (χ1v) is 7.03. The molecule has 104 valence electrons. The van der Waals surface area contributed by atoms with Crippen molar-refractivity contribution < 1.29 is 14.6 Å². The van der Waals surface area contributed by atoms with Crippen LogP contribution in [-0.4, -0.2) is 48.8 Å². The first-order chi connectivity index (χ1) is 8.50. The number of carboxylic acids is 1. The molecule has 2 aliphatic heterocycles. The molecule has 0 spiro atoms. The maximum Gasteiger partial charge on any atom is 0.313 e. The summed E-state index contributed by atoms with van der Waals surface area (Å²) >= 11 is 0. The lowest BCUT2D eigenvalue weighted by atomic mass is 9.77. The van der Waals surface area contributed by atoms with Crippen molar-refractivity contribution in [2.24, 2.45) is 10.8 Å². The third-order valence-electron chi connectivity index (χ3n) is 5.00. The quantitative estimate of drug-likeness (QED) is 0.834. The summed E-state index contributed by atoms with van der Waals surface area (Å²) in [5.41, 5.74) is -0.195. The summed E-state index contributed by atoms with van der Waals surface area (Å²) in [6.07, 6.45) is 4.23. The molecule has 2 saturated heterocycles. The summed E-state index contributed by atoms with van der Waals surface area (Å²) in [6, 6.07) is 0. The molecular weight excluding hydrogens is 230 g/mol.